The van der Waals surface area contributed by atoms with Crippen molar-refractivity contribution in [1.29, 1.82) is 0 Å². The molecule has 0 fully saturated rings. The lowest BCUT2D eigenvalue weighted by Gasteiger charge is -2.18. The van der Waals surface area contributed by atoms with Crippen LogP contribution in [0.25, 0.3) is 0 Å². The number of halogens is 1. The molecule has 0 aromatic heterocycles. The minimum atomic E-state index is -0.862. The van der Waals surface area contributed by atoms with Gasteiger partial charge in [0.2, 0.25) is 0 Å². The van der Waals surface area contributed by atoms with Gasteiger partial charge in [0.15, 0.2) is 17.6 Å². The Morgan fingerprint density at radius 2 is 1.95 bits per heavy atom. The lowest BCUT2D eigenvalue weighted by molar-refractivity contribution is -0.137. The molecule has 1 rings (SSSR count). The first-order valence-electron chi connectivity index (χ1n) is 6.74. The maximum Gasteiger partial charge on any atom is 0.339 e. The van der Waals surface area contributed by atoms with Crippen LogP contribution in [-0.4, -0.2) is 50.7 Å². The van der Waals surface area contributed by atoms with E-state index >= 15 is 0 Å². The van der Waals surface area contributed by atoms with Crippen LogP contribution in [0.15, 0.2) is 16.6 Å². The van der Waals surface area contributed by atoms with Crippen molar-refractivity contribution < 1.29 is 23.8 Å². The van der Waals surface area contributed by atoms with E-state index in [2.05, 4.69) is 15.9 Å². The van der Waals surface area contributed by atoms with E-state index in [4.69, 9.17) is 14.2 Å². The number of nitrogens with zero attached hydrogens (tertiary/aromatic N) is 1. The Labute approximate surface area is 138 Å². The van der Waals surface area contributed by atoms with Crippen molar-refractivity contribution in [2.75, 3.05) is 27.8 Å². The van der Waals surface area contributed by atoms with E-state index in [9.17, 15) is 9.59 Å². The molecular weight excluding hydrogens is 354 g/mol. The molecule has 1 atom stereocenters. The second kappa shape index (κ2) is 8.03. The number of carbonyl (C=O) groups is 2. The minimum Gasteiger partial charge on any atom is -0.492 e. The highest BCUT2D eigenvalue weighted by Gasteiger charge is 2.22. The lowest BCUT2D eigenvalue weighted by Crippen LogP contribution is -2.34. The van der Waals surface area contributed by atoms with Gasteiger partial charge in [-0.3, -0.25) is 4.79 Å². The van der Waals surface area contributed by atoms with Crippen LogP contribution >= 0.6 is 15.9 Å². The van der Waals surface area contributed by atoms with E-state index < -0.39 is 12.1 Å². The van der Waals surface area contributed by atoms with Crippen LogP contribution in [0.2, 0.25) is 0 Å². The van der Waals surface area contributed by atoms with E-state index in [1.54, 1.807) is 20.2 Å². The van der Waals surface area contributed by atoms with Gasteiger partial charge in [-0.2, -0.15) is 0 Å². The van der Waals surface area contributed by atoms with Crippen molar-refractivity contribution in [3.8, 4) is 11.5 Å². The van der Waals surface area contributed by atoms with Crippen LogP contribution in [-0.2, 0) is 9.53 Å². The topological polar surface area (TPSA) is 65.1 Å². The van der Waals surface area contributed by atoms with Gasteiger partial charge in [0.1, 0.15) is 0 Å². The summed E-state index contributed by atoms with van der Waals surface area (Å²) in [4.78, 5) is 25.3. The third-order valence-electron chi connectivity index (χ3n) is 2.82. The Kier molecular flexibility index (Phi) is 6.67. The van der Waals surface area contributed by atoms with Crippen molar-refractivity contribution in [3.63, 3.8) is 0 Å². The number of likely N-dealkylation sites (N-methyl/N-ethyl adjacent to an activating group) is 1. The van der Waals surface area contributed by atoms with Gasteiger partial charge >= 0.3 is 5.97 Å². The molecule has 0 bridgehead atoms. The fourth-order valence-electron chi connectivity index (χ4n) is 1.79. The number of esters is 1. The van der Waals surface area contributed by atoms with Gasteiger partial charge in [-0.15, -0.1) is 0 Å². The third kappa shape index (κ3) is 4.37. The van der Waals surface area contributed by atoms with Crippen molar-refractivity contribution in [1.82, 2.24) is 4.90 Å². The summed E-state index contributed by atoms with van der Waals surface area (Å²) in [5, 5.41) is 0. The first kappa shape index (κ1) is 18.3. The molecule has 0 N–H and O–H groups in total. The number of hydrogen-bond donors (Lipinski definition) is 0. The molecule has 0 unspecified atom stereocenters. The number of methoxy groups -OCH3 is 1. The van der Waals surface area contributed by atoms with Crippen molar-refractivity contribution in [2.24, 2.45) is 0 Å². The van der Waals surface area contributed by atoms with Gasteiger partial charge < -0.3 is 19.1 Å². The zero-order valence-corrected chi connectivity index (χ0v) is 14.9. The molecule has 122 valence electrons. The molecule has 0 spiro atoms. The quantitative estimate of drug-likeness (QED) is 0.716. The summed E-state index contributed by atoms with van der Waals surface area (Å²) in [6.07, 6.45) is -0.862. The molecule has 1 aromatic carbocycles. The van der Waals surface area contributed by atoms with Gasteiger partial charge in [-0.1, -0.05) is 0 Å². The average molecular weight is 374 g/mol. The fraction of sp³-hybridized carbons (Fsp3) is 0.467. The smallest absolute Gasteiger partial charge is 0.339 e. The summed E-state index contributed by atoms with van der Waals surface area (Å²) in [6.45, 7) is 3.79. The van der Waals surface area contributed by atoms with Crippen LogP contribution in [0.3, 0.4) is 0 Å². The zero-order chi connectivity index (χ0) is 16.9. The first-order valence-corrected chi connectivity index (χ1v) is 7.53. The highest BCUT2D eigenvalue weighted by molar-refractivity contribution is 9.10. The highest BCUT2D eigenvalue weighted by Crippen LogP contribution is 2.36. The van der Waals surface area contributed by atoms with Crippen molar-refractivity contribution in [2.45, 2.75) is 20.0 Å². The Bertz CT molecular complexity index is 559. The molecule has 0 aliphatic rings. The van der Waals surface area contributed by atoms with Crippen LogP contribution in [0.1, 0.15) is 24.2 Å². The predicted octanol–water partition coefficient (Wildman–Crippen LogP) is 2.49. The van der Waals surface area contributed by atoms with Crippen LogP contribution in [0.4, 0.5) is 0 Å². The number of amides is 1. The minimum absolute atomic E-state index is 0.273. The standard InChI is InChI=1S/C15H20BrNO5/c1-6-21-12-8-10(7-11(16)13(12)20-5)15(19)22-9(2)14(18)17(3)4/h7-9H,6H2,1-5H3/t9-/m0/s1. The summed E-state index contributed by atoms with van der Waals surface area (Å²) < 4.78 is 16.4. The second-order valence-corrected chi connectivity index (χ2v) is 5.56. The van der Waals surface area contributed by atoms with Gasteiger partial charge in [0, 0.05) is 14.1 Å². The zero-order valence-electron chi connectivity index (χ0n) is 13.3. The fourth-order valence-corrected chi connectivity index (χ4v) is 2.39. The molecule has 0 saturated heterocycles. The van der Waals surface area contributed by atoms with E-state index in [1.807, 2.05) is 6.92 Å². The van der Waals surface area contributed by atoms with Crippen LogP contribution < -0.4 is 9.47 Å². The molecular formula is C15H20BrNO5. The van der Waals surface area contributed by atoms with Crippen LogP contribution in [0, 0.1) is 0 Å². The van der Waals surface area contributed by atoms with Gasteiger partial charge in [0.25, 0.3) is 5.91 Å². The normalized spacial score (nSPS) is 11.5. The first-order chi connectivity index (χ1) is 10.3. The van der Waals surface area contributed by atoms with Crippen LogP contribution in [0.5, 0.6) is 11.5 Å². The largest absolute Gasteiger partial charge is 0.492 e. The Morgan fingerprint density at radius 1 is 1.32 bits per heavy atom. The van der Waals surface area contributed by atoms with E-state index in [0.29, 0.717) is 22.6 Å². The Morgan fingerprint density at radius 3 is 2.45 bits per heavy atom. The lowest BCUT2D eigenvalue weighted by atomic mass is 10.2. The van der Waals surface area contributed by atoms with E-state index in [1.165, 1.54) is 25.0 Å². The molecule has 1 amide bonds. The number of ether oxygens (including phenoxy) is 3. The SMILES string of the molecule is CCOc1cc(C(=O)O[C@@H](C)C(=O)N(C)C)cc(Br)c1OC. The van der Waals surface area contributed by atoms with Crippen molar-refractivity contribution in [3.05, 3.63) is 22.2 Å². The number of hydrogen-bond acceptors (Lipinski definition) is 5. The van der Waals surface area contributed by atoms with E-state index in [-0.39, 0.29) is 11.5 Å². The number of benzene rings is 1. The van der Waals surface area contributed by atoms with Gasteiger partial charge in [0.05, 0.1) is 23.8 Å². The number of rotatable bonds is 6. The Balaban J connectivity index is 3.01. The molecule has 0 radical (unpaired) electrons. The second-order valence-electron chi connectivity index (χ2n) is 4.70. The van der Waals surface area contributed by atoms with E-state index in [0.717, 1.165) is 0 Å². The molecule has 0 aliphatic carbocycles. The van der Waals surface area contributed by atoms with Crippen molar-refractivity contribution >= 4 is 27.8 Å². The molecule has 6 nitrogen and oxygen atoms in total. The summed E-state index contributed by atoms with van der Waals surface area (Å²) in [7, 11) is 4.71. The summed E-state index contributed by atoms with van der Waals surface area (Å²) in [5.41, 5.74) is 0.273. The average Bonchev–Trinajstić information content (AvgIpc) is 2.46. The molecule has 0 saturated carbocycles. The molecule has 7 heteroatoms. The molecule has 0 heterocycles. The maximum atomic E-state index is 12.2. The monoisotopic (exact) mass is 373 g/mol. The molecule has 1 aromatic rings. The molecule has 0 aliphatic heterocycles. The summed E-state index contributed by atoms with van der Waals surface area (Å²) >= 11 is 3.33. The van der Waals surface area contributed by atoms with Gasteiger partial charge in [-0.05, 0) is 41.9 Å². The number of carbonyl (C=O) groups excluding carboxylic acids is 2. The third-order valence-corrected chi connectivity index (χ3v) is 3.41. The molecule has 22 heavy (non-hydrogen) atoms. The summed E-state index contributed by atoms with van der Waals surface area (Å²) in [5.74, 6) is 0.0340. The van der Waals surface area contributed by atoms with Gasteiger partial charge in [-0.25, -0.2) is 4.79 Å². The highest BCUT2D eigenvalue weighted by atomic mass is 79.9. The predicted molar refractivity (Wildman–Crippen MR) is 85.4 cm³/mol. The maximum absolute atomic E-state index is 12.2. The summed E-state index contributed by atoms with van der Waals surface area (Å²) in [6, 6.07) is 3.10. The Hall–Kier alpha value is -1.76.